The summed E-state index contributed by atoms with van der Waals surface area (Å²) in [5.41, 5.74) is 1.08. The quantitative estimate of drug-likeness (QED) is 0.805. The lowest BCUT2D eigenvalue weighted by molar-refractivity contribution is -0.138. The average Bonchev–Trinajstić information content (AvgIpc) is 3.10. The van der Waals surface area contributed by atoms with Crippen LogP contribution in [0.15, 0.2) is 24.3 Å². The Bertz CT molecular complexity index is 447. The first-order chi connectivity index (χ1) is 7.72. The molecule has 1 aromatic rings. The first-order valence-corrected chi connectivity index (χ1v) is 5.21. The molecule has 1 saturated carbocycles. The minimum atomic E-state index is -0.852. The highest BCUT2D eigenvalue weighted by atomic mass is 16.4. The molecule has 0 aliphatic heterocycles. The minimum absolute atomic E-state index is 0.198. The molecule has 0 heterocycles. The summed E-state index contributed by atoms with van der Waals surface area (Å²) in [6.45, 7) is 0. The molecule has 4 nitrogen and oxygen atoms in total. The van der Waals surface area contributed by atoms with Crippen molar-refractivity contribution >= 4 is 11.7 Å². The molecule has 0 radical (unpaired) electrons. The van der Waals surface area contributed by atoms with Gasteiger partial charge in [-0.25, -0.2) is 4.79 Å². The van der Waals surface area contributed by atoms with Gasteiger partial charge in [0.25, 0.3) is 0 Å². The van der Waals surface area contributed by atoms with Crippen LogP contribution in [0.2, 0.25) is 0 Å². The Morgan fingerprint density at radius 3 is 2.75 bits per heavy atom. The molecule has 1 aromatic carbocycles. The maximum absolute atomic E-state index is 11.0. The van der Waals surface area contributed by atoms with Crippen LogP contribution < -0.4 is 5.32 Å². The van der Waals surface area contributed by atoms with E-state index in [-0.39, 0.29) is 5.92 Å². The standard InChI is InChI=1S/C12H12N2O2/c13-7-9-3-1-2-4-10(9)14-11(12(15)16)8-5-6-8/h1-4,8,11,14H,5-6H2,(H,15,16). The number of aliphatic carboxylic acids is 1. The predicted octanol–water partition coefficient (Wildman–Crippen LogP) is 1.83. The number of para-hydroxylation sites is 1. The molecule has 1 unspecified atom stereocenters. The van der Waals surface area contributed by atoms with Crippen LogP contribution in [-0.2, 0) is 4.79 Å². The molecule has 4 heteroatoms. The van der Waals surface area contributed by atoms with Crippen molar-refractivity contribution in [2.75, 3.05) is 5.32 Å². The van der Waals surface area contributed by atoms with Crippen molar-refractivity contribution in [3.8, 4) is 6.07 Å². The third kappa shape index (κ3) is 2.14. The Hall–Kier alpha value is -2.02. The largest absolute Gasteiger partial charge is 0.480 e. The van der Waals surface area contributed by atoms with Crippen molar-refractivity contribution in [1.29, 1.82) is 5.26 Å². The number of nitrogens with one attached hydrogen (secondary N) is 1. The zero-order valence-electron chi connectivity index (χ0n) is 8.68. The summed E-state index contributed by atoms with van der Waals surface area (Å²) in [4.78, 5) is 11.0. The molecule has 1 aliphatic rings. The van der Waals surface area contributed by atoms with Gasteiger partial charge in [-0.15, -0.1) is 0 Å². The highest BCUT2D eigenvalue weighted by Crippen LogP contribution is 2.34. The fourth-order valence-electron chi connectivity index (χ4n) is 1.68. The molecule has 0 saturated heterocycles. The van der Waals surface area contributed by atoms with Crippen molar-refractivity contribution in [2.24, 2.45) is 5.92 Å². The number of carboxylic acid groups (broad SMARTS) is 1. The number of anilines is 1. The second-order valence-corrected chi connectivity index (χ2v) is 3.96. The molecule has 1 atom stereocenters. The molecule has 1 aliphatic carbocycles. The summed E-state index contributed by atoms with van der Waals surface area (Å²) in [6, 6.07) is 8.42. The molecular formula is C12H12N2O2. The van der Waals surface area contributed by atoms with Gasteiger partial charge in [-0.3, -0.25) is 0 Å². The fourth-order valence-corrected chi connectivity index (χ4v) is 1.68. The molecule has 0 spiro atoms. The third-order valence-corrected chi connectivity index (χ3v) is 2.72. The van der Waals surface area contributed by atoms with Gasteiger partial charge in [0.15, 0.2) is 0 Å². The van der Waals surface area contributed by atoms with Gasteiger partial charge in [-0.2, -0.15) is 5.26 Å². The topological polar surface area (TPSA) is 73.1 Å². The van der Waals surface area contributed by atoms with E-state index in [9.17, 15) is 4.79 Å². The van der Waals surface area contributed by atoms with Gasteiger partial charge in [0.2, 0.25) is 0 Å². The van der Waals surface area contributed by atoms with E-state index in [0.29, 0.717) is 11.3 Å². The molecule has 0 amide bonds. The Kier molecular flexibility index (Phi) is 2.78. The normalized spacial score (nSPS) is 16.2. The highest BCUT2D eigenvalue weighted by Gasteiger charge is 2.36. The fraction of sp³-hybridized carbons (Fsp3) is 0.333. The highest BCUT2D eigenvalue weighted by molar-refractivity contribution is 5.79. The van der Waals surface area contributed by atoms with Gasteiger partial charge in [0, 0.05) is 0 Å². The van der Waals surface area contributed by atoms with Crippen molar-refractivity contribution in [2.45, 2.75) is 18.9 Å². The van der Waals surface area contributed by atoms with E-state index >= 15 is 0 Å². The monoisotopic (exact) mass is 216 g/mol. The summed E-state index contributed by atoms with van der Waals surface area (Å²) in [6.07, 6.45) is 1.89. The van der Waals surface area contributed by atoms with Crippen molar-refractivity contribution in [3.63, 3.8) is 0 Å². The summed E-state index contributed by atoms with van der Waals surface area (Å²) in [7, 11) is 0. The first kappa shape index (κ1) is 10.5. The maximum Gasteiger partial charge on any atom is 0.326 e. The molecule has 2 rings (SSSR count). The van der Waals surface area contributed by atoms with Gasteiger partial charge in [-0.1, -0.05) is 12.1 Å². The van der Waals surface area contributed by atoms with E-state index in [1.807, 2.05) is 6.07 Å². The van der Waals surface area contributed by atoms with Gasteiger partial charge in [0.1, 0.15) is 12.1 Å². The smallest absolute Gasteiger partial charge is 0.326 e. The number of rotatable bonds is 4. The number of hydrogen-bond donors (Lipinski definition) is 2. The number of carboxylic acids is 1. The molecule has 0 bridgehead atoms. The Morgan fingerprint density at radius 1 is 1.50 bits per heavy atom. The molecule has 2 N–H and O–H groups in total. The lowest BCUT2D eigenvalue weighted by Crippen LogP contribution is -2.31. The van der Waals surface area contributed by atoms with E-state index in [1.165, 1.54) is 0 Å². The van der Waals surface area contributed by atoms with Crippen molar-refractivity contribution < 1.29 is 9.90 Å². The number of nitrogens with zero attached hydrogens (tertiary/aromatic N) is 1. The van der Waals surface area contributed by atoms with Gasteiger partial charge >= 0.3 is 5.97 Å². The van der Waals surface area contributed by atoms with Crippen molar-refractivity contribution in [3.05, 3.63) is 29.8 Å². The van der Waals surface area contributed by atoms with E-state index in [0.717, 1.165) is 12.8 Å². The average molecular weight is 216 g/mol. The second kappa shape index (κ2) is 4.23. The van der Waals surface area contributed by atoms with Gasteiger partial charge < -0.3 is 10.4 Å². The van der Waals surface area contributed by atoms with Crippen LogP contribution in [-0.4, -0.2) is 17.1 Å². The minimum Gasteiger partial charge on any atom is -0.480 e. The predicted molar refractivity (Wildman–Crippen MR) is 58.9 cm³/mol. The van der Waals surface area contributed by atoms with Gasteiger partial charge in [0.05, 0.1) is 11.3 Å². The lowest BCUT2D eigenvalue weighted by atomic mass is 10.1. The summed E-state index contributed by atoms with van der Waals surface area (Å²) in [5, 5.41) is 20.9. The number of nitriles is 1. The van der Waals surface area contributed by atoms with E-state index < -0.39 is 12.0 Å². The Balaban J connectivity index is 2.18. The van der Waals surface area contributed by atoms with Crippen LogP contribution in [0.4, 0.5) is 5.69 Å². The Morgan fingerprint density at radius 2 is 2.19 bits per heavy atom. The Labute approximate surface area is 93.5 Å². The van der Waals surface area contributed by atoms with Crippen molar-refractivity contribution in [1.82, 2.24) is 0 Å². The maximum atomic E-state index is 11.0. The second-order valence-electron chi connectivity index (χ2n) is 3.96. The van der Waals surface area contributed by atoms with E-state index in [2.05, 4.69) is 5.32 Å². The van der Waals surface area contributed by atoms with Crippen LogP contribution in [0, 0.1) is 17.2 Å². The molecule has 1 fully saturated rings. The van der Waals surface area contributed by atoms with Crippen LogP contribution in [0.3, 0.4) is 0 Å². The molecule has 82 valence electrons. The number of benzene rings is 1. The van der Waals surface area contributed by atoms with Crippen LogP contribution in [0.25, 0.3) is 0 Å². The summed E-state index contributed by atoms with van der Waals surface area (Å²) >= 11 is 0. The van der Waals surface area contributed by atoms with Crippen LogP contribution >= 0.6 is 0 Å². The molecular weight excluding hydrogens is 204 g/mol. The molecule has 0 aromatic heterocycles. The lowest BCUT2D eigenvalue weighted by Gasteiger charge is -2.15. The zero-order chi connectivity index (χ0) is 11.5. The molecule has 16 heavy (non-hydrogen) atoms. The SMILES string of the molecule is N#Cc1ccccc1NC(C(=O)O)C1CC1. The van der Waals surface area contributed by atoms with E-state index in [1.54, 1.807) is 24.3 Å². The summed E-state index contributed by atoms with van der Waals surface area (Å²) in [5.74, 6) is -0.653. The number of carbonyl (C=O) groups is 1. The summed E-state index contributed by atoms with van der Waals surface area (Å²) < 4.78 is 0. The number of hydrogen-bond acceptors (Lipinski definition) is 3. The third-order valence-electron chi connectivity index (χ3n) is 2.72. The van der Waals surface area contributed by atoms with Crippen LogP contribution in [0.5, 0.6) is 0 Å². The zero-order valence-corrected chi connectivity index (χ0v) is 8.68. The van der Waals surface area contributed by atoms with Gasteiger partial charge in [-0.05, 0) is 30.9 Å². The van der Waals surface area contributed by atoms with Crippen LogP contribution in [0.1, 0.15) is 18.4 Å². The van der Waals surface area contributed by atoms with E-state index in [4.69, 9.17) is 10.4 Å². The first-order valence-electron chi connectivity index (χ1n) is 5.21.